The van der Waals surface area contributed by atoms with Crippen molar-refractivity contribution in [2.45, 2.75) is 18.8 Å². The number of methoxy groups -OCH3 is 3. The van der Waals surface area contributed by atoms with Crippen molar-refractivity contribution in [2.24, 2.45) is 0 Å². The number of hydrogen-bond acceptors (Lipinski definition) is 4. The van der Waals surface area contributed by atoms with Gasteiger partial charge in [0.25, 0.3) is 0 Å². The van der Waals surface area contributed by atoms with E-state index in [0.717, 1.165) is 16.6 Å². The summed E-state index contributed by atoms with van der Waals surface area (Å²) in [6, 6.07) is 22.3. The summed E-state index contributed by atoms with van der Waals surface area (Å²) in [4.78, 5) is 16.2. The van der Waals surface area contributed by atoms with E-state index in [0.29, 0.717) is 36.6 Å². The van der Waals surface area contributed by atoms with Gasteiger partial charge in [-0.25, -0.2) is 0 Å². The molecule has 0 fully saturated rings. The van der Waals surface area contributed by atoms with Crippen LogP contribution in [0.1, 0.15) is 29.0 Å². The van der Waals surface area contributed by atoms with Crippen molar-refractivity contribution in [3.63, 3.8) is 0 Å². The molecule has 2 N–H and O–H groups in total. The molecule has 4 rings (SSSR count). The molecule has 3 aromatic carbocycles. The van der Waals surface area contributed by atoms with E-state index in [-0.39, 0.29) is 11.8 Å². The lowest BCUT2D eigenvalue weighted by molar-refractivity contribution is -0.121. The van der Waals surface area contributed by atoms with Crippen LogP contribution >= 0.6 is 0 Å². The third-order valence-corrected chi connectivity index (χ3v) is 6.07. The van der Waals surface area contributed by atoms with E-state index in [1.807, 2.05) is 48.7 Å². The van der Waals surface area contributed by atoms with Gasteiger partial charge in [0.05, 0.1) is 21.3 Å². The summed E-state index contributed by atoms with van der Waals surface area (Å²) < 4.78 is 16.2. The first-order valence-corrected chi connectivity index (χ1v) is 11.3. The molecule has 0 aliphatic rings. The van der Waals surface area contributed by atoms with Gasteiger partial charge < -0.3 is 24.5 Å². The number of nitrogens with one attached hydrogen (secondary N) is 2. The zero-order valence-corrected chi connectivity index (χ0v) is 19.8. The molecule has 0 radical (unpaired) electrons. The van der Waals surface area contributed by atoms with Gasteiger partial charge in [-0.05, 0) is 41.3 Å². The van der Waals surface area contributed by atoms with Crippen molar-refractivity contribution in [3.05, 3.63) is 89.6 Å². The Hall–Kier alpha value is -3.93. The maximum absolute atomic E-state index is 12.8. The van der Waals surface area contributed by atoms with Crippen LogP contribution in [0.4, 0.5) is 0 Å². The largest absolute Gasteiger partial charge is 0.493 e. The minimum atomic E-state index is -0.00507. The van der Waals surface area contributed by atoms with Crippen molar-refractivity contribution in [2.75, 3.05) is 27.9 Å². The summed E-state index contributed by atoms with van der Waals surface area (Å²) in [6.45, 7) is 0.514. The number of aromatic nitrogens is 1. The van der Waals surface area contributed by atoms with Crippen molar-refractivity contribution in [3.8, 4) is 17.2 Å². The molecule has 1 amide bonds. The van der Waals surface area contributed by atoms with Crippen LogP contribution < -0.4 is 19.5 Å². The topological polar surface area (TPSA) is 72.6 Å². The van der Waals surface area contributed by atoms with Gasteiger partial charge in [0.15, 0.2) is 11.5 Å². The first-order valence-electron chi connectivity index (χ1n) is 11.3. The first-order chi connectivity index (χ1) is 16.6. The number of aryl methyl sites for hydroxylation is 1. The molecule has 0 bridgehead atoms. The molecular weight excluding hydrogens is 428 g/mol. The summed E-state index contributed by atoms with van der Waals surface area (Å²) in [6.07, 6.45) is 2.96. The number of amides is 1. The van der Waals surface area contributed by atoms with E-state index in [4.69, 9.17) is 14.2 Å². The molecule has 0 unspecified atom stereocenters. The highest BCUT2D eigenvalue weighted by Gasteiger charge is 2.19. The molecule has 0 aliphatic carbocycles. The lowest BCUT2D eigenvalue weighted by Gasteiger charge is -2.18. The van der Waals surface area contributed by atoms with Crippen LogP contribution in [-0.2, 0) is 11.2 Å². The van der Waals surface area contributed by atoms with E-state index >= 15 is 0 Å². The molecule has 6 heteroatoms. The molecule has 0 saturated heterocycles. The van der Waals surface area contributed by atoms with Gasteiger partial charge in [0.1, 0.15) is 0 Å². The monoisotopic (exact) mass is 458 g/mol. The number of carbonyl (C=O) groups excluding carboxylic acids is 1. The van der Waals surface area contributed by atoms with Crippen molar-refractivity contribution in [1.82, 2.24) is 10.3 Å². The van der Waals surface area contributed by atoms with Gasteiger partial charge in [-0.3, -0.25) is 4.79 Å². The second-order valence-corrected chi connectivity index (χ2v) is 8.09. The third kappa shape index (κ3) is 5.01. The number of aromatic amines is 1. The van der Waals surface area contributed by atoms with E-state index in [1.165, 1.54) is 10.9 Å². The summed E-state index contributed by atoms with van der Waals surface area (Å²) in [7, 11) is 4.74. The van der Waals surface area contributed by atoms with Gasteiger partial charge in [-0.2, -0.15) is 0 Å². The Morgan fingerprint density at radius 1 is 0.912 bits per heavy atom. The van der Waals surface area contributed by atoms with Crippen LogP contribution in [0.15, 0.2) is 72.9 Å². The molecule has 34 heavy (non-hydrogen) atoms. The minimum absolute atomic E-state index is 0.00507. The fourth-order valence-corrected chi connectivity index (χ4v) is 4.32. The zero-order valence-electron chi connectivity index (χ0n) is 19.8. The Bertz CT molecular complexity index is 1220. The van der Waals surface area contributed by atoms with Gasteiger partial charge >= 0.3 is 0 Å². The van der Waals surface area contributed by atoms with E-state index in [9.17, 15) is 4.79 Å². The highest BCUT2D eigenvalue weighted by Crippen LogP contribution is 2.38. The summed E-state index contributed by atoms with van der Waals surface area (Å²) in [5, 5.41) is 4.31. The van der Waals surface area contributed by atoms with Gasteiger partial charge in [0.2, 0.25) is 11.7 Å². The fraction of sp³-hybridized carbons (Fsp3) is 0.250. The normalized spacial score (nSPS) is 11.7. The van der Waals surface area contributed by atoms with Crippen LogP contribution in [0, 0.1) is 0 Å². The molecule has 0 spiro atoms. The smallest absolute Gasteiger partial charge is 0.220 e. The Kier molecular flexibility index (Phi) is 7.38. The molecule has 6 nitrogen and oxygen atoms in total. The number of benzene rings is 3. The summed E-state index contributed by atoms with van der Waals surface area (Å²) >= 11 is 0. The minimum Gasteiger partial charge on any atom is -0.493 e. The number of para-hydroxylation sites is 1. The Morgan fingerprint density at radius 3 is 2.26 bits per heavy atom. The molecule has 1 aromatic heterocycles. The van der Waals surface area contributed by atoms with Crippen LogP contribution in [-0.4, -0.2) is 38.8 Å². The van der Waals surface area contributed by atoms with E-state index in [1.54, 1.807) is 21.3 Å². The van der Waals surface area contributed by atoms with Crippen molar-refractivity contribution in [1.29, 1.82) is 0 Å². The number of ether oxygens (including phenoxy) is 3. The van der Waals surface area contributed by atoms with Crippen molar-refractivity contribution < 1.29 is 19.0 Å². The highest BCUT2D eigenvalue weighted by atomic mass is 16.5. The van der Waals surface area contributed by atoms with E-state index in [2.05, 4.69) is 34.6 Å². The second kappa shape index (κ2) is 10.8. The third-order valence-electron chi connectivity index (χ3n) is 6.07. The van der Waals surface area contributed by atoms with E-state index < -0.39 is 0 Å². The molecular formula is C28H30N2O4. The summed E-state index contributed by atoms with van der Waals surface area (Å²) in [5.41, 5.74) is 4.37. The molecule has 4 aromatic rings. The van der Waals surface area contributed by atoms with Crippen LogP contribution in [0.3, 0.4) is 0 Å². The Labute approximate surface area is 199 Å². The van der Waals surface area contributed by atoms with Crippen LogP contribution in [0.2, 0.25) is 0 Å². The second-order valence-electron chi connectivity index (χ2n) is 8.09. The molecule has 176 valence electrons. The lowest BCUT2D eigenvalue weighted by Crippen LogP contribution is -2.29. The lowest BCUT2D eigenvalue weighted by atomic mass is 9.91. The average Bonchev–Trinajstić information content (AvgIpc) is 3.31. The van der Waals surface area contributed by atoms with Crippen LogP contribution in [0.25, 0.3) is 10.9 Å². The number of fused-ring (bicyclic) bond motifs is 1. The standard InChI is InChI=1S/C28H30N2O4/c1-32-25-15-19(16-26(33-2)28(25)34-3)13-14-27(31)30-17-22(20-9-5-4-6-10-20)23-18-29-24-12-8-7-11-21(23)24/h4-12,15-16,18,22,29H,13-14,17H2,1-3H3,(H,30,31)/t22-/m1/s1. The number of carbonyl (C=O) groups is 1. The number of hydrogen-bond donors (Lipinski definition) is 2. The quantitative estimate of drug-likeness (QED) is 0.348. The van der Waals surface area contributed by atoms with Crippen molar-refractivity contribution >= 4 is 16.8 Å². The van der Waals surface area contributed by atoms with Gasteiger partial charge in [-0.15, -0.1) is 0 Å². The fourth-order valence-electron chi connectivity index (χ4n) is 4.32. The number of H-pyrrole nitrogens is 1. The predicted octanol–water partition coefficient (Wildman–Crippen LogP) is 5.07. The Balaban J connectivity index is 1.47. The Morgan fingerprint density at radius 2 is 1.59 bits per heavy atom. The molecule has 0 saturated carbocycles. The van der Waals surface area contributed by atoms with Gasteiger partial charge in [0, 0.05) is 36.0 Å². The molecule has 1 heterocycles. The SMILES string of the molecule is COc1cc(CCC(=O)NC[C@H](c2ccccc2)c2c[nH]c3ccccc23)cc(OC)c1OC. The molecule has 0 aliphatic heterocycles. The number of rotatable bonds is 10. The zero-order chi connectivity index (χ0) is 23.9. The van der Waals surface area contributed by atoms with Crippen LogP contribution in [0.5, 0.6) is 17.2 Å². The van der Waals surface area contributed by atoms with Gasteiger partial charge in [-0.1, -0.05) is 48.5 Å². The maximum Gasteiger partial charge on any atom is 0.220 e. The summed E-state index contributed by atoms with van der Waals surface area (Å²) in [5.74, 6) is 1.75. The first kappa shape index (κ1) is 23.2. The molecule has 1 atom stereocenters. The highest BCUT2D eigenvalue weighted by molar-refractivity contribution is 5.84. The maximum atomic E-state index is 12.8. The average molecular weight is 459 g/mol. The predicted molar refractivity (Wildman–Crippen MR) is 134 cm³/mol.